The van der Waals surface area contributed by atoms with Crippen LogP contribution >= 0.6 is 0 Å². The molecule has 0 aliphatic heterocycles. The highest BCUT2D eigenvalue weighted by Gasteiger charge is 2.15. The van der Waals surface area contributed by atoms with Crippen molar-refractivity contribution in [2.24, 2.45) is 0 Å². The zero-order valence-corrected chi connectivity index (χ0v) is 15.2. The van der Waals surface area contributed by atoms with E-state index >= 15 is 0 Å². The fourth-order valence-electron chi connectivity index (χ4n) is 2.73. The van der Waals surface area contributed by atoms with E-state index in [-0.39, 0.29) is 11.8 Å². The van der Waals surface area contributed by atoms with Crippen LogP contribution in [0.5, 0.6) is 0 Å². The van der Waals surface area contributed by atoms with Gasteiger partial charge in [0.15, 0.2) is 0 Å². The monoisotopic (exact) mass is 338 g/mol. The number of anilines is 1. The summed E-state index contributed by atoms with van der Waals surface area (Å²) in [6.07, 6.45) is 1.87. The largest absolute Gasteiger partial charge is 0.339 e. The third-order valence-corrected chi connectivity index (χ3v) is 3.94. The molecule has 0 spiro atoms. The van der Waals surface area contributed by atoms with Crippen LogP contribution in [0.4, 0.5) is 5.69 Å². The molecule has 0 saturated carbocycles. The molecule has 0 heterocycles. The Morgan fingerprint density at radius 2 is 1.52 bits per heavy atom. The molecule has 0 aliphatic rings. The van der Waals surface area contributed by atoms with E-state index in [1.165, 1.54) is 0 Å². The van der Waals surface area contributed by atoms with E-state index in [1.54, 1.807) is 24.3 Å². The Morgan fingerprint density at radius 1 is 0.920 bits per heavy atom. The molecule has 1 N–H and O–H groups in total. The maximum atomic E-state index is 12.6. The normalized spacial score (nSPS) is 10.4. The quantitative estimate of drug-likeness (QED) is 0.807. The maximum Gasteiger partial charge on any atom is 0.255 e. The van der Waals surface area contributed by atoms with Crippen LogP contribution in [0.2, 0.25) is 0 Å². The number of hydrogen-bond donors (Lipinski definition) is 1. The van der Waals surface area contributed by atoms with Crippen molar-refractivity contribution in [1.29, 1.82) is 0 Å². The summed E-state index contributed by atoms with van der Waals surface area (Å²) >= 11 is 0. The predicted molar refractivity (Wildman–Crippen MR) is 102 cm³/mol. The van der Waals surface area contributed by atoms with Crippen molar-refractivity contribution in [3.05, 3.63) is 65.2 Å². The number of carbonyl (C=O) groups is 2. The number of aryl methyl sites for hydroxylation is 1. The molecule has 0 atom stereocenters. The SMILES string of the molecule is CCCN(CCC)C(=O)c1ccc(C(=O)Nc2cccc(C)c2)cc1. The van der Waals surface area contributed by atoms with Crippen LogP contribution in [0.25, 0.3) is 0 Å². The first-order valence-electron chi connectivity index (χ1n) is 8.82. The first-order valence-corrected chi connectivity index (χ1v) is 8.82. The topological polar surface area (TPSA) is 49.4 Å². The second-order valence-corrected chi connectivity index (χ2v) is 6.19. The highest BCUT2D eigenvalue weighted by molar-refractivity contribution is 6.05. The smallest absolute Gasteiger partial charge is 0.255 e. The van der Waals surface area contributed by atoms with Gasteiger partial charge in [0.2, 0.25) is 0 Å². The molecule has 4 heteroatoms. The van der Waals surface area contributed by atoms with Gasteiger partial charge in [0, 0.05) is 29.9 Å². The molecule has 2 aromatic rings. The van der Waals surface area contributed by atoms with Gasteiger partial charge in [-0.1, -0.05) is 26.0 Å². The molecule has 132 valence electrons. The van der Waals surface area contributed by atoms with Gasteiger partial charge in [-0.05, 0) is 61.7 Å². The fraction of sp³-hybridized carbons (Fsp3) is 0.333. The molecule has 0 unspecified atom stereocenters. The molecular formula is C21H26N2O2. The van der Waals surface area contributed by atoms with Crippen molar-refractivity contribution in [3.8, 4) is 0 Å². The van der Waals surface area contributed by atoms with Gasteiger partial charge in [-0.3, -0.25) is 9.59 Å². The Bertz CT molecular complexity index is 717. The van der Waals surface area contributed by atoms with Gasteiger partial charge < -0.3 is 10.2 Å². The fourth-order valence-corrected chi connectivity index (χ4v) is 2.73. The van der Waals surface area contributed by atoms with Crippen molar-refractivity contribution in [1.82, 2.24) is 4.90 Å². The van der Waals surface area contributed by atoms with Crippen molar-refractivity contribution in [2.45, 2.75) is 33.6 Å². The Labute approximate surface area is 149 Å². The average molecular weight is 338 g/mol. The van der Waals surface area contributed by atoms with Crippen LogP contribution in [0.15, 0.2) is 48.5 Å². The molecular weight excluding hydrogens is 312 g/mol. The Kier molecular flexibility index (Phi) is 6.75. The zero-order chi connectivity index (χ0) is 18.2. The second kappa shape index (κ2) is 9.02. The second-order valence-electron chi connectivity index (χ2n) is 6.19. The van der Waals surface area contributed by atoms with E-state index in [1.807, 2.05) is 36.1 Å². The lowest BCUT2D eigenvalue weighted by Gasteiger charge is -2.21. The van der Waals surface area contributed by atoms with Gasteiger partial charge in [-0.15, -0.1) is 0 Å². The molecule has 0 saturated heterocycles. The summed E-state index contributed by atoms with van der Waals surface area (Å²) in [5.41, 5.74) is 3.01. The van der Waals surface area contributed by atoms with Gasteiger partial charge in [0.25, 0.3) is 11.8 Å². The van der Waals surface area contributed by atoms with Crippen molar-refractivity contribution >= 4 is 17.5 Å². The predicted octanol–water partition coefficient (Wildman–Crippen LogP) is 4.51. The van der Waals surface area contributed by atoms with Crippen LogP contribution in [0, 0.1) is 6.92 Å². The van der Waals surface area contributed by atoms with Gasteiger partial charge in [-0.25, -0.2) is 0 Å². The van der Waals surface area contributed by atoms with Crippen LogP contribution in [0.1, 0.15) is 53.0 Å². The number of hydrogen-bond acceptors (Lipinski definition) is 2. The summed E-state index contributed by atoms with van der Waals surface area (Å²) in [7, 11) is 0. The minimum absolute atomic E-state index is 0.0225. The summed E-state index contributed by atoms with van der Waals surface area (Å²) in [6.45, 7) is 7.61. The number of nitrogens with one attached hydrogen (secondary N) is 1. The minimum atomic E-state index is -0.177. The standard InChI is InChI=1S/C21H26N2O2/c1-4-13-23(14-5-2)21(25)18-11-9-17(10-12-18)20(24)22-19-8-6-7-16(3)15-19/h6-12,15H,4-5,13-14H2,1-3H3,(H,22,24). The zero-order valence-electron chi connectivity index (χ0n) is 15.2. The summed E-state index contributed by atoms with van der Waals surface area (Å²) in [5.74, 6) is -0.155. The molecule has 4 nitrogen and oxygen atoms in total. The molecule has 0 aliphatic carbocycles. The highest BCUT2D eigenvalue weighted by Crippen LogP contribution is 2.13. The van der Waals surface area contributed by atoms with E-state index in [2.05, 4.69) is 19.2 Å². The molecule has 2 amide bonds. The van der Waals surface area contributed by atoms with Crippen LogP contribution in [0.3, 0.4) is 0 Å². The van der Waals surface area contributed by atoms with Gasteiger partial charge in [0.1, 0.15) is 0 Å². The van der Waals surface area contributed by atoms with E-state index < -0.39 is 0 Å². The molecule has 0 fully saturated rings. The molecule has 0 radical (unpaired) electrons. The third kappa shape index (κ3) is 5.18. The lowest BCUT2D eigenvalue weighted by atomic mass is 10.1. The van der Waals surface area contributed by atoms with Gasteiger partial charge in [-0.2, -0.15) is 0 Å². The highest BCUT2D eigenvalue weighted by atomic mass is 16.2. The van der Waals surface area contributed by atoms with Gasteiger partial charge in [0.05, 0.1) is 0 Å². The average Bonchev–Trinajstić information content (AvgIpc) is 2.61. The van der Waals surface area contributed by atoms with Gasteiger partial charge >= 0.3 is 0 Å². The third-order valence-electron chi connectivity index (χ3n) is 3.94. The lowest BCUT2D eigenvalue weighted by Crippen LogP contribution is -2.32. The molecule has 25 heavy (non-hydrogen) atoms. The number of amides is 2. The number of nitrogens with zero attached hydrogens (tertiary/aromatic N) is 1. The van der Waals surface area contributed by atoms with Crippen LogP contribution in [-0.4, -0.2) is 29.8 Å². The summed E-state index contributed by atoms with van der Waals surface area (Å²) in [6, 6.07) is 14.5. The molecule has 2 aromatic carbocycles. The van der Waals surface area contributed by atoms with E-state index in [0.717, 1.165) is 37.2 Å². The number of benzene rings is 2. The molecule has 0 bridgehead atoms. The Balaban J connectivity index is 2.08. The summed E-state index contributed by atoms with van der Waals surface area (Å²) in [5, 5.41) is 2.88. The molecule has 2 rings (SSSR count). The Hall–Kier alpha value is -2.62. The van der Waals surface area contributed by atoms with Crippen molar-refractivity contribution < 1.29 is 9.59 Å². The van der Waals surface area contributed by atoms with E-state index in [0.29, 0.717) is 11.1 Å². The van der Waals surface area contributed by atoms with Crippen molar-refractivity contribution in [2.75, 3.05) is 18.4 Å². The van der Waals surface area contributed by atoms with Crippen LogP contribution in [-0.2, 0) is 0 Å². The summed E-state index contributed by atoms with van der Waals surface area (Å²) in [4.78, 5) is 26.8. The van der Waals surface area contributed by atoms with Crippen LogP contribution < -0.4 is 5.32 Å². The van der Waals surface area contributed by atoms with E-state index in [4.69, 9.17) is 0 Å². The first kappa shape index (κ1) is 18.7. The molecule has 0 aromatic heterocycles. The Morgan fingerprint density at radius 3 is 2.08 bits per heavy atom. The van der Waals surface area contributed by atoms with Crippen molar-refractivity contribution in [3.63, 3.8) is 0 Å². The summed E-state index contributed by atoms with van der Waals surface area (Å²) < 4.78 is 0. The minimum Gasteiger partial charge on any atom is -0.339 e. The maximum absolute atomic E-state index is 12.6. The van der Waals surface area contributed by atoms with E-state index in [9.17, 15) is 9.59 Å². The number of carbonyl (C=O) groups excluding carboxylic acids is 2. The number of rotatable bonds is 7. The first-order chi connectivity index (χ1) is 12.0. The lowest BCUT2D eigenvalue weighted by molar-refractivity contribution is 0.0755.